The van der Waals surface area contributed by atoms with Gasteiger partial charge < -0.3 is 10.2 Å². The second kappa shape index (κ2) is 9.03. The van der Waals surface area contributed by atoms with E-state index in [0.717, 1.165) is 37.7 Å². The van der Waals surface area contributed by atoms with E-state index < -0.39 is 11.9 Å². The van der Waals surface area contributed by atoms with Crippen molar-refractivity contribution in [1.29, 1.82) is 0 Å². The molecule has 0 fully saturated rings. The molecule has 0 bridgehead atoms. The fourth-order valence-corrected chi connectivity index (χ4v) is 2.56. The van der Waals surface area contributed by atoms with Gasteiger partial charge in [-0.3, -0.25) is 0 Å². The number of allylic oxidation sites excluding steroid dienone is 1. The molecule has 1 unspecified atom stereocenters. The lowest BCUT2D eigenvalue weighted by molar-refractivity contribution is 0.0696. The van der Waals surface area contributed by atoms with Gasteiger partial charge in [0.05, 0.1) is 11.1 Å². The zero-order chi connectivity index (χ0) is 16.5. The van der Waals surface area contributed by atoms with Crippen LogP contribution in [0.1, 0.15) is 65.3 Å². The van der Waals surface area contributed by atoms with Gasteiger partial charge in [0.25, 0.3) is 0 Å². The topological polar surface area (TPSA) is 74.6 Å². The summed E-state index contributed by atoms with van der Waals surface area (Å²) in [5.41, 5.74) is 0.862. The van der Waals surface area contributed by atoms with Crippen LogP contribution in [-0.4, -0.2) is 22.2 Å². The molecule has 4 heteroatoms. The molecule has 1 aromatic carbocycles. The number of benzene rings is 1. The van der Waals surface area contributed by atoms with Crippen LogP contribution >= 0.6 is 0 Å². The molecule has 0 saturated heterocycles. The molecule has 0 spiro atoms. The normalized spacial score (nSPS) is 11.9. The lowest BCUT2D eigenvalue weighted by Gasteiger charge is -2.15. The van der Waals surface area contributed by atoms with Gasteiger partial charge in [0.1, 0.15) is 0 Å². The first kappa shape index (κ1) is 18.0. The van der Waals surface area contributed by atoms with E-state index in [4.69, 9.17) is 10.2 Å². The molecule has 0 heterocycles. The van der Waals surface area contributed by atoms with Gasteiger partial charge in [-0.05, 0) is 48.9 Å². The van der Waals surface area contributed by atoms with Crippen LogP contribution in [0, 0.1) is 5.92 Å². The number of aromatic carboxylic acids is 2. The Morgan fingerprint density at radius 3 is 2.18 bits per heavy atom. The number of carbonyl (C=O) groups is 2. The number of carboxylic acid groups (broad SMARTS) is 2. The first-order valence-electron chi connectivity index (χ1n) is 7.69. The third kappa shape index (κ3) is 5.72. The van der Waals surface area contributed by atoms with Crippen LogP contribution in [0.5, 0.6) is 0 Å². The highest BCUT2D eigenvalue weighted by Gasteiger charge is 2.14. The molecule has 4 nitrogen and oxygen atoms in total. The second-order valence-electron chi connectivity index (χ2n) is 5.58. The highest BCUT2D eigenvalue weighted by molar-refractivity contribution is 5.94. The summed E-state index contributed by atoms with van der Waals surface area (Å²) in [6.45, 7) is 5.81. The Balaban J connectivity index is 2.82. The van der Waals surface area contributed by atoms with Crippen LogP contribution in [0.25, 0.3) is 0 Å². The zero-order valence-electron chi connectivity index (χ0n) is 13.0. The molecule has 22 heavy (non-hydrogen) atoms. The maximum absolute atomic E-state index is 11.1. The highest BCUT2D eigenvalue weighted by atomic mass is 16.4. The second-order valence-corrected chi connectivity index (χ2v) is 5.58. The van der Waals surface area contributed by atoms with E-state index in [1.807, 2.05) is 6.08 Å². The molecule has 0 radical (unpaired) electrons. The van der Waals surface area contributed by atoms with Gasteiger partial charge in [-0.15, -0.1) is 6.58 Å². The molecule has 1 rings (SSSR count). The molecule has 0 amide bonds. The van der Waals surface area contributed by atoms with E-state index in [9.17, 15) is 9.59 Å². The van der Waals surface area contributed by atoms with E-state index in [1.54, 1.807) is 12.1 Å². The summed E-state index contributed by atoms with van der Waals surface area (Å²) in [5.74, 6) is -1.75. The average Bonchev–Trinajstić information content (AvgIpc) is 2.49. The minimum Gasteiger partial charge on any atom is -0.478 e. The average molecular weight is 304 g/mol. The molecule has 0 aromatic heterocycles. The molecule has 1 atom stereocenters. The summed E-state index contributed by atoms with van der Waals surface area (Å²) in [6.07, 6.45) is 7.90. The van der Waals surface area contributed by atoms with Crippen molar-refractivity contribution in [2.24, 2.45) is 5.92 Å². The molecule has 0 saturated carbocycles. The van der Waals surface area contributed by atoms with Gasteiger partial charge in [-0.1, -0.05) is 32.3 Å². The summed E-state index contributed by atoms with van der Waals surface area (Å²) in [4.78, 5) is 22.2. The zero-order valence-corrected chi connectivity index (χ0v) is 13.0. The van der Waals surface area contributed by atoms with Crippen LogP contribution in [-0.2, 0) is 6.42 Å². The summed E-state index contributed by atoms with van der Waals surface area (Å²) in [6, 6.07) is 4.38. The van der Waals surface area contributed by atoms with Crippen molar-refractivity contribution in [3.05, 3.63) is 47.5 Å². The van der Waals surface area contributed by atoms with Crippen molar-refractivity contribution in [3.63, 3.8) is 0 Å². The largest absolute Gasteiger partial charge is 0.478 e. The van der Waals surface area contributed by atoms with E-state index in [2.05, 4.69) is 13.5 Å². The summed E-state index contributed by atoms with van der Waals surface area (Å²) >= 11 is 0. The fraction of sp³-hybridized carbons (Fsp3) is 0.444. The Morgan fingerprint density at radius 2 is 1.73 bits per heavy atom. The number of carboxylic acids is 2. The maximum atomic E-state index is 11.1. The lowest BCUT2D eigenvalue weighted by atomic mass is 9.90. The third-order valence-electron chi connectivity index (χ3n) is 3.86. The molecule has 2 N–H and O–H groups in total. The van der Waals surface area contributed by atoms with E-state index in [1.165, 1.54) is 6.07 Å². The predicted molar refractivity (Wildman–Crippen MR) is 86.5 cm³/mol. The standard InChI is InChI=1S/C18H24O4/c1-3-5-6-7-8-13(4-2)9-14-10-15(17(19)20)12-16(11-14)18(21)22/h3,10-13H,1,4-9H2,2H3,(H,19,20)(H,21,22). The molecular weight excluding hydrogens is 280 g/mol. The SMILES string of the molecule is C=CCCCCC(CC)Cc1cc(C(=O)O)cc(C(=O)O)c1. The molecule has 0 aliphatic carbocycles. The minimum absolute atomic E-state index is 0.0383. The number of unbranched alkanes of at least 4 members (excludes halogenated alkanes) is 2. The van der Waals surface area contributed by atoms with E-state index >= 15 is 0 Å². The van der Waals surface area contributed by atoms with Crippen LogP contribution < -0.4 is 0 Å². The van der Waals surface area contributed by atoms with Gasteiger partial charge in [-0.2, -0.15) is 0 Å². The van der Waals surface area contributed by atoms with Crippen molar-refractivity contribution >= 4 is 11.9 Å². The first-order chi connectivity index (χ1) is 10.5. The Labute approximate surface area is 131 Å². The van der Waals surface area contributed by atoms with Gasteiger partial charge in [0, 0.05) is 0 Å². The predicted octanol–water partition coefficient (Wildman–Crippen LogP) is 4.40. The smallest absolute Gasteiger partial charge is 0.335 e. The number of rotatable bonds is 10. The van der Waals surface area contributed by atoms with Crippen molar-refractivity contribution in [3.8, 4) is 0 Å². The molecule has 120 valence electrons. The highest BCUT2D eigenvalue weighted by Crippen LogP contribution is 2.21. The van der Waals surface area contributed by atoms with Crippen molar-refractivity contribution in [1.82, 2.24) is 0 Å². The van der Waals surface area contributed by atoms with Crippen LogP contribution in [0.4, 0.5) is 0 Å². The van der Waals surface area contributed by atoms with Gasteiger partial charge in [-0.25, -0.2) is 9.59 Å². The Bertz CT molecular complexity index is 502. The van der Waals surface area contributed by atoms with Crippen LogP contribution in [0.15, 0.2) is 30.9 Å². The Kier molecular flexibility index (Phi) is 7.37. The molecule has 1 aromatic rings. The van der Waals surface area contributed by atoms with E-state index in [0.29, 0.717) is 12.3 Å². The quantitative estimate of drug-likeness (QED) is 0.496. The molecule has 0 aliphatic heterocycles. The van der Waals surface area contributed by atoms with Crippen LogP contribution in [0.2, 0.25) is 0 Å². The van der Waals surface area contributed by atoms with Gasteiger partial charge in [0.2, 0.25) is 0 Å². The monoisotopic (exact) mass is 304 g/mol. The van der Waals surface area contributed by atoms with Crippen molar-refractivity contribution < 1.29 is 19.8 Å². The van der Waals surface area contributed by atoms with Crippen LogP contribution in [0.3, 0.4) is 0 Å². The van der Waals surface area contributed by atoms with Gasteiger partial charge in [0.15, 0.2) is 0 Å². The lowest BCUT2D eigenvalue weighted by Crippen LogP contribution is -2.08. The summed E-state index contributed by atoms with van der Waals surface area (Å²) < 4.78 is 0. The first-order valence-corrected chi connectivity index (χ1v) is 7.69. The van der Waals surface area contributed by atoms with E-state index in [-0.39, 0.29) is 11.1 Å². The summed E-state index contributed by atoms with van der Waals surface area (Å²) in [5, 5.41) is 18.2. The minimum atomic E-state index is -1.09. The van der Waals surface area contributed by atoms with Crippen molar-refractivity contribution in [2.75, 3.05) is 0 Å². The third-order valence-corrected chi connectivity index (χ3v) is 3.86. The Hall–Kier alpha value is -2.10. The molecular formula is C18H24O4. The Morgan fingerprint density at radius 1 is 1.14 bits per heavy atom. The number of hydrogen-bond acceptors (Lipinski definition) is 2. The van der Waals surface area contributed by atoms with Gasteiger partial charge >= 0.3 is 11.9 Å². The number of hydrogen-bond donors (Lipinski definition) is 2. The molecule has 0 aliphatic rings. The fourth-order valence-electron chi connectivity index (χ4n) is 2.56. The maximum Gasteiger partial charge on any atom is 0.335 e. The summed E-state index contributed by atoms with van der Waals surface area (Å²) in [7, 11) is 0. The van der Waals surface area contributed by atoms with Crippen molar-refractivity contribution in [2.45, 2.75) is 45.4 Å².